The monoisotopic (exact) mass is 1360 g/mol. The summed E-state index contributed by atoms with van der Waals surface area (Å²) in [7, 11) is 5.87. The van der Waals surface area contributed by atoms with Crippen LogP contribution in [0.1, 0.15) is 27.8 Å². The van der Waals surface area contributed by atoms with Crippen LogP contribution in [0, 0.1) is 34.6 Å². The highest BCUT2D eigenvalue weighted by Gasteiger charge is 2.16. The second kappa shape index (κ2) is 34.7. The predicted octanol–water partition coefficient (Wildman–Crippen LogP) is 26.9. The molecule has 0 bridgehead atoms. The van der Waals surface area contributed by atoms with Crippen molar-refractivity contribution in [3.8, 4) is 11.4 Å². The number of benzene rings is 14. The number of hydrogen-bond acceptors (Lipinski definition) is 7. The van der Waals surface area contributed by atoms with Crippen molar-refractivity contribution < 1.29 is 9.15 Å². The van der Waals surface area contributed by atoms with E-state index in [2.05, 4.69) is 354 Å². The number of methoxy groups -OCH3 is 1. The number of ether oxygens (including phenoxy) is 1. The Bertz CT molecular complexity index is 5300. The first kappa shape index (κ1) is 70.6. The van der Waals surface area contributed by atoms with E-state index in [0.29, 0.717) is 0 Å². The summed E-state index contributed by atoms with van der Waals surface area (Å²) in [6, 6.07) is 116. The van der Waals surface area contributed by atoms with E-state index < -0.39 is 0 Å². The second-order valence-corrected chi connectivity index (χ2v) is 26.9. The van der Waals surface area contributed by atoms with Crippen LogP contribution in [0.4, 0.5) is 22.7 Å². The fraction of sp³-hybridized carbons (Fsp3) is 0.109. The van der Waals surface area contributed by atoms with Crippen LogP contribution in [-0.2, 0) is 0 Å². The van der Waals surface area contributed by atoms with Gasteiger partial charge in [-0.2, -0.15) is 0 Å². The number of thioether (sulfide) groups is 2. The normalized spacial score (nSPS) is 10.6. The van der Waals surface area contributed by atoms with Gasteiger partial charge in [0.05, 0.1) is 18.1 Å². The fourth-order valence-corrected chi connectivity index (χ4v) is 14.8. The van der Waals surface area contributed by atoms with E-state index in [9.17, 15) is 0 Å². The lowest BCUT2D eigenvalue weighted by atomic mass is 10.1. The number of hydrogen-bond donors (Lipinski definition) is 0. The molecule has 3 heterocycles. The van der Waals surface area contributed by atoms with Gasteiger partial charge in [-0.3, -0.25) is 0 Å². The highest BCUT2D eigenvalue weighted by molar-refractivity contribution is 7.98. The largest absolute Gasteiger partial charge is 0.496 e. The van der Waals surface area contributed by atoms with Crippen molar-refractivity contribution in [2.24, 2.45) is 0 Å². The van der Waals surface area contributed by atoms with Gasteiger partial charge in [-0.05, 0) is 183 Å². The van der Waals surface area contributed by atoms with Crippen LogP contribution >= 0.6 is 34.9 Å². The zero-order valence-corrected chi connectivity index (χ0v) is 61.1. The zero-order valence-electron chi connectivity index (χ0n) is 58.6. The van der Waals surface area contributed by atoms with E-state index in [-0.39, 0.29) is 0 Å². The standard InChI is InChI=1S/C20H17NO.C18H13N.C14H15N.C12H8S.C12H12S.C8H10O.C8H10S/c1-14-18(21(2)15-8-4-3-5-9-15)13-12-17-16-10-6-7-11-19(16)22-20(14)17;1-2-8-14(9-3-1)19-17-12-6-4-10-15(17)16-11-5-7-13-18(16)19;1-12-8-6-7-11-14(12)15(2)13-9-4-3-5-10-13;1-3-7-11-9(5-1)10-6-2-4-8-12(10)13-11;1-9-11-6-4-3-5-10(11)7-8-12(9)13-2;2*1-7-5-3-4-6-8(7)9-2/h3-13H,1-2H3;1-13H;3-11H,1-2H3;1-8H;3-8H,1-2H3;2*3-6H,1-2H3. The minimum atomic E-state index is 0.945. The molecule has 17 aromatic rings. The van der Waals surface area contributed by atoms with Crippen molar-refractivity contribution >= 4 is 132 Å². The Morgan fingerprint density at radius 2 is 0.790 bits per heavy atom. The molecule has 5 nitrogen and oxygen atoms in total. The van der Waals surface area contributed by atoms with Crippen LogP contribution in [0.5, 0.6) is 5.75 Å². The van der Waals surface area contributed by atoms with Crippen molar-refractivity contribution in [1.29, 1.82) is 0 Å². The molecule has 498 valence electrons. The third-order valence-electron chi connectivity index (χ3n) is 17.8. The Morgan fingerprint density at radius 3 is 1.33 bits per heavy atom. The number of furan rings is 1. The molecule has 0 aliphatic carbocycles. The summed E-state index contributed by atoms with van der Waals surface area (Å²) in [5.41, 5.74) is 16.8. The highest BCUT2D eigenvalue weighted by atomic mass is 32.2. The number of fused-ring (bicyclic) bond motifs is 10. The molecular weight excluding hydrogens is 1280 g/mol. The van der Waals surface area contributed by atoms with Crippen LogP contribution in [-0.4, -0.2) is 38.3 Å². The fourth-order valence-electron chi connectivity index (χ4n) is 12.4. The van der Waals surface area contributed by atoms with Gasteiger partial charge in [0.25, 0.3) is 0 Å². The molecule has 14 aromatic carbocycles. The van der Waals surface area contributed by atoms with Gasteiger partial charge in [0.1, 0.15) is 16.9 Å². The Hall–Kier alpha value is -10.7. The molecule has 0 unspecified atom stereocenters. The number of aromatic nitrogens is 1. The van der Waals surface area contributed by atoms with Crippen LogP contribution in [0.25, 0.3) is 80.4 Å². The van der Waals surface area contributed by atoms with Crippen molar-refractivity contribution in [1.82, 2.24) is 4.57 Å². The van der Waals surface area contributed by atoms with Crippen molar-refractivity contribution in [3.05, 3.63) is 361 Å². The lowest BCUT2D eigenvalue weighted by Gasteiger charge is -2.21. The first-order chi connectivity index (χ1) is 49.0. The first-order valence-electron chi connectivity index (χ1n) is 33.6. The van der Waals surface area contributed by atoms with Gasteiger partial charge in [-0.1, -0.05) is 231 Å². The number of thiophene rings is 1. The number of anilines is 4. The third-order valence-corrected chi connectivity index (χ3v) is 20.7. The zero-order chi connectivity index (χ0) is 69.7. The Kier molecular flexibility index (Phi) is 24.5. The lowest BCUT2D eigenvalue weighted by molar-refractivity contribution is 0.411. The second-order valence-electron chi connectivity index (χ2n) is 24.1. The highest BCUT2D eigenvalue weighted by Crippen LogP contribution is 2.38. The van der Waals surface area contributed by atoms with E-state index in [0.717, 1.165) is 22.6 Å². The van der Waals surface area contributed by atoms with Crippen LogP contribution in [0.3, 0.4) is 0 Å². The summed E-state index contributed by atoms with van der Waals surface area (Å²) in [5, 5.41) is 10.4. The molecule has 0 atom stereocenters. The van der Waals surface area contributed by atoms with E-state index in [1.54, 1.807) is 18.9 Å². The molecule has 0 aliphatic rings. The molecule has 8 heteroatoms. The summed E-state index contributed by atoms with van der Waals surface area (Å²) < 4.78 is 16.2. The third kappa shape index (κ3) is 16.9. The van der Waals surface area contributed by atoms with E-state index in [4.69, 9.17) is 9.15 Å². The maximum Gasteiger partial charge on any atom is 0.140 e. The predicted molar refractivity (Wildman–Crippen MR) is 440 cm³/mol. The minimum absolute atomic E-state index is 0.945. The molecular formula is C92H85N3O2S3. The molecule has 0 saturated heterocycles. The van der Waals surface area contributed by atoms with Crippen LogP contribution < -0.4 is 14.5 Å². The summed E-state index contributed by atoms with van der Waals surface area (Å²) in [6.07, 6.45) is 4.22. The first-order valence-corrected chi connectivity index (χ1v) is 36.9. The summed E-state index contributed by atoms with van der Waals surface area (Å²) in [6.45, 7) is 10.6. The molecule has 0 amide bonds. The quantitative estimate of drug-likeness (QED) is 0.141. The van der Waals surface area contributed by atoms with Crippen LogP contribution in [0.15, 0.2) is 348 Å². The molecule has 0 fully saturated rings. The maximum absolute atomic E-state index is 6.08. The summed E-state index contributed by atoms with van der Waals surface area (Å²) >= 11 is 5.47. The smallest absolute Gasteiger partial charge is 0.140 e. The van der Waals surface area contributed by atoms with Crippen molar-refractivity contribution in [2.45, 2.75) is 44.4 Å². The number of para-hydroxylation sites is 8. The van der Waals surface area contributed by atoms with Crippen molar-refractivity contribution in [2.75, 3.05) is 43.5 Å². The molecule has 100 heavy (non-hydrogen) atoms. The van der Waals surface area contributed by atoms with Gasteiger partial charge >= 0.3 is 0 Å². The molecule has 0 radical (unpaired) electrons. The number of nitrogens with zero attached hydrogens (tertiary/aromatic N) is 3. The topological polar surface area (TPSA) is 33.8 Å². The average Bonchev–Trinajstić information content (AvgIpc) is 1.60. The molecule has 0 N–H and O–H groups in total. The Morgan fingerprint density at radius 1 is 0.340 bits per heavy atom. The lowest BCUT2D eigenvalue weighted by Crippen LogP contribution is -2.10. The van der Waals surface area contributed by atoms with E-state index in [1.165, 1.54) is 124 Å². The minimum Gasteiger partial charge on any atom is -0.496 e. The van der Waals surface area contributed by atoms with Crippen molar-refractivity contribution in [3.63, 3.8) is 0 Å². The molecule has 17 rings (SSSR count). The maximum atomic E-state index is 6.08. The Labute approximate surface area is 602 Å². The number of aryl methyl sites for hydroxylation is 5. The van der Waals surface area contributed by atoms with Gasteiger partial charge in [0.2, 0.25) is 0 Å². The van der Waals surface area contributed by atoms with E-state index in [1.807, 2.05) is 78.6 Å². The Balaban J connectivity index is 0.000000120. The molecule has 0 saturated carbocycles. The van der Waals surface area contributed by atoms with Gasteiger partial charge in [-0.25, -0.2) is 0 Å². The van der Waals surface area contributed by atoms with Gasteiger partial charge in [-0.15, -0.1) is 34.9 Å². The molecule has 0 aliphatic heterocycles. The summed E-state index contributed by atoms with van der Waals surface area (Å²) in [5.74, 6) is 0.956. The van der Waals surface area contributed by atoms with E-state index >= 15 is 0 Å². The SMILES string of the molecule is COc1ccccc1C.CSc1ccc2ccccc2c1C.CSc1ccccc1C.Cc1c(N(C)c2ccccc2)ccc2c1oc1ccccc12.Cc1ccccc1N(C)c1ccccc1.c1ccc(-n2c3ccccc3c3ccccc32)cc1.c1ccc2c(c1)sc1ccccc12. The molecule has 3 aromatic heterocycles. The average molecular weight is 1360 g/mol. The van der Waals surface area contributed by atoms with Gasteiger partial charge < -0.3 is 23.5 Å². The number of rotatable bonds is 8. The van der Waals surface area contributed by atoms with Crippen LogP contribution in [0.2, 0.25) is 0 Å². The molecule has 0 spiro atoms. The summed E-state index contributed by atoms with van der Waals surface area (Å²) in [4.78, 5) is 7.15. The van der Waals surface area contributed by atoms with Gasteiger partial charge in [0.15, 0.2) is 0 Å². The van der Waals surface area contributed by atoms with Gasteiger partial charge in [0, 0.05) is 99.6 Å².